The second kappa shape index (κ2) is 6.48. The van der Waals surface area contributed by atoms with Gasteiger partial charge in [0.1, 0.15) is 0 Å². The number of aliphatic hydroxyl groups is 1. The van der Waals surface area contributed by atoms with E-state index in [4.69, 9.17) is 5.11 Å². The van der Waals surface area contributed by atoms with Crippen molar-refractivity contribution in [2.75, 3.05) is 25.5 Å². The van der Waals surface area contributed by atoms with Gasteiger partial charge in [-0.3, -0.25) is 14.7 Å². The molecule has 0 aromatic carbocycles. The van der Waals surface area contributed by atoms with Gasteiger partial charge in [0.25, 0.3) is 0 Å². The normalized spacial score (nSPS) is 13.4. The minimum atomic E-state index is -4.68. The Labute approximate surface area is 108 Å². The molecule has 0 radical (unpaired) electrons. The van der Waals surface area contributed by atoms with E-state index in [1.807, 2.05) is 0 Å². The van der Waals surface area contributed by atoms with Crippen LogP contribution in [0.2, 0.25) is 0 Å². The van der Waals surface area contributed by atoms with Crippen LogP contribution in [0.1, 0.15) is 0 Å². The molecule has 0 saturated heterocycles. The number of pyridine rings is 1. The van der Waals surface area contributed by atoms with E-state index >= 15 is 0 Å². The highest BCUT2D eigenvalue weighted by Gasteiger charge is 2.38. The fourth-order valence-electron chi connectivity index (χ4n) is 1.34. The Kier molecular flexibility index (Phi) is 5.25. The zero-order valence-corrected chi connectivity index (χ0v) is 10.2. The van der Waals surface area contributed by atoms with Gasteiger partial charge in [-0.25, -0.2) is 0 Å². The summed E-state index contributed by atoms with van der Waals surface area (Å²) in [6.07, 6.45) is -4.19. The van der Waals surface area contributed by atoms with Gasteiger partial charge in [0.15, 0.2) is 6.10 Å². The van der Waals surface area contributed by atoms with Gasteiger partial charge in [-0.05, 0) is 19.2 Å². The Bertz CT molecular complexity index is 411. The van der Waals surface area contributed by atoms with E-state index in [0.717, 1.165) is 4.90 Å². The molecule has 1 aromatic rings. The maximum Gasteiger partial charge on any atom is 0.415 e. The third-order valence-corrected chi connectivity index (χ3v) is 2.24. The van der Waals surface area contributed by atoms with Gasteiger partial charge < -0.3 is 10.4 Å². The van der Waals surface area contributed by atoms with Crippen molar-refractivity contribution in [3.05, 3.63) is 24.5 Å². The van der Waals surface area contributed by atoms with E-state index in [2.05, 4.69) is 10.3 Å². The van der Waals surface area contributed by atoms with Crippen LogP contribution in [0.4, 0.5) is 18.9 Å². The molecular formula is C11H14F3N3O2. The number of aromatic nitrogens is 1. The van der Waals surface area contributed by atoms with Gasteiger partial charge in [0.2, 0.25) is 5.91 Å². The molecule has 8 heteroatoms. The van der Waals surface area contributed by atoms with Crippen LogP contribution in [-0.4, -0.2) is 53.3 Å². The Balaban J connectivity index is 2.40. The number of anilines is 1. The predicted molar refractivity (Wildman–Crippen MR) is 62.4 cm³/mol. The number of hydrogen-bond donors (Lipinski definition) is 2. The van der Waals surface area contributed by atoms with Crippen molar-refractivity contribution in [2.45, 2.75) is 12.3 Å². The number of halogens is 3. The largest absolute Gasteiger partial charge is 0.415 e. The van der Waals surface area contributed by atoms with Crippen molar-refractivity contribution in [3.8, 4) is 0 Å². The van der Waals surface area contributed by atoms with Gasteiger partial charge in [0.05, 0.1) is 6.54 Å². The fourth-order valence-corrected chi connectivity index (χ4v) is 1.34. The molecule has 1 aromatic heterocycles. The van der Waals surface area contributed by atoms with Crippen molar-refractivity contribution in [1.82, 2.24) is 9.88 Å². The van der Waals surface area contributed by atoms with E-state index < -0.39 is 24.7 Å². The average Bonchev–Trinajstić information content (AvgIpc) is 2.28. The lowest BCUT2D eigenvalue weighted by molar-refractivity contribution is -0.207. The van der Waals surface area contributed by atoms with Crippen molar-refractivity contribution < 1.29 is 23.1 Å². The second-order valence-electron chi connectivity index (χ2n) is 4.04. The first-order valence-corrected chi connectivity index (χ1v) is 5.42. The summed E-state index contributed by atoms with van der Waals surface area (Å²) in [6.45, 7) is -0.914. The SMILES string of the molecule is CN(CC(=O)Nc1ccncc1)CC(O)C(F)(F)F. The molecular weight excluding hydrogens is 263 g/mol. The number of likely N-dealkylation sites (N-methyl/N-ethyl adjacent to an activating group) is 1. The summed E-state index contributed by atoms with van der Waals surface area (Å²) in [6, 6.07) is 3.12. The van der Waals surface area contributed by atoms with Crippen molar-refractivity contribution >= 4 is 11.6 Å². The third kappa shape index (κ3) is 5.66. The first-order valence-electron chi connectivity index (χ1n) is 5.42. The standard InChI is InChI=1S/C11H14F3N3O2/c1-17(6-9(18)11(12,13)14)7-10(19)16-8-2-4-15-5-3-8/h2-5,9,18H,6-7H2,1H3,(H,15,16,19). The molecule has 2 N–H and O–H groups in total. The number of alkyl halides is 3. The molecule has 1 amide bonds. The minimum Gasteiger partial charge on any atom is -0.382 e. The number of hydrogen-bond acceptors (Lipinski definition) is 4. The van der Waals surface area contributed by atoms with Crippen LogP contribution in [0, 0.1) is 0 Å². The number of nitrogens with one attached hydrogen (secondary N) is 1. The van der Waals surface area contributed by atoms with E-state index in [9.17, 15) is 18.0 Å². The molecule has 0 aliphatic carbocycles. The lowest BCUT2D eigenvalue weighted by Crippen LogP contribution is -2.42. The summed E-state index contributed by atoms with van der Waals surface area (Å²) >= 11 is 0. The smallest absolute Gasteiger partial charge is 0.382 e. The third-order valence-electron chi connectivity index (χ3n) is 2.24. The molecule has 1 unspecified atom stereocenters. The van der Waals surface area contributed by atoms with Crippen LogP contribution in [0.5, 0.6) is 0 Å². The maximum absolute atomic E-state index is 12.1. The molecule has 1 rings (SSSR count). The van der Waals surface area contributed by atoms with Crippen molar-refractivity contribution in [1.29, 1.82) is 0 Å². The number of rotatable bonds is 5. The average molecular weight is 277 g/mol. The monoisotopic (exact) mass is 277 g/mol. The van der Waals surface area contributed by atoms with Gasteiger partial charge in [-0.15, -0.1) is 0 Å². The second-order valence-corrected chi connectivity index (χ2v) is 4.04. The van der Waals surface area contributed by atoms with E-state index in [1.54, 1.807) is 12.1 Å². The molecule has 0 saturated carbocycles. The highest BCUT2D eigenvalue weighted by molar-refractivity contribution is 5.92. The summed E-state index contributed by atoms with van der Waals surface area (Å²) in [5.41, 5.74) is 0.504. The van der Waals surface area contributed by atoms with E-state index in [-0.39, 0.29) is 6.54 Å². The maximum atomic E-state index is 12.1. The summed E-state index contributed by atoms with van der Waals surface area (Å²) in [7, 11) is 1.32. The number of amides is 1. The topological polar surface area (TPSA) is 65.5 Å². The summed E-state index contributed by atoms with van der Waals surface area (Å²) in [5.74, 6) is -0.469. The molecule has 1 atom stereocenters. The zero-order chi connectivity index (χ0) is 14.5. The van der Waals surface area contributed by atoms with E-state index in [1.165, 1.54) is 19.4 Å². The summed E-state index contributed by atoms with van der Waals surface area (Å²) < 4.78 is 36.3. The lowest BCUT2D eigenvalue weighted by atomic mass is 10.3. The van der Waals surface area contributed by atoms with Crippen LogP contribution in [0.15, 0.2) is 24.5 Å². The molecule has 0 aliphatic rings. The summed E-state index contributed by atoms with van der Waals surface area (Å²) in [4.78, 5) is 16.4. The fraction of sp³-hybridized carbons (Fsp3) is 0.455. The van der Waals surface area contributed by atoms with Gasteiger partial charge in [-0.1, -0.05) is 0 Å². The predicted octanol–water partition coefficient (Wildman–Crippen LogP) is 0.875. The molecule has 106 valence electrons. The number of aliphatic hydroxyl groups excluding tert-OH is 1. The first-order chi connectivity index (χ1) is 8.79. The van der Waals surface area contributed by atoms with Crippen LogP contribution in [-0.2, 0) is 4.79 Å². The first kappa shape index (κ1) is 15.4. The van der Waals surface area contributed by atoms with Crippen molar-refractivity contribution in [2.24, 2.45) is 0 Å². The minimum absolute atomic E-state index is 0.255. The molecule has 0 bridgehead atoms. The molecule has 0 spiro atoms. The Morgan fingerprint density at radius 3 is 2.58 bits per heavy atom. The lowest BCUT2D eigenvalue weighted by Gasteiger charge is -2.21. The molecule has 0 fully saturated rings. The highest BCUT2D eigenvalue weighted by Crippen LogP contribution is 2.20. The molecule has 5 nitrogen and oxygen atoms in total. The van der Waals surface area contributed by atoms with Crippen molar-refractivity contribution in [3.63, 3.8) is 0 Å². The molecule has 19 heavy (non-hydrogen) atoms. The Hall–Kier alpha value is -1.67. The van der Waals surface area contributed by atoms with Gasteiger partial charge in [-0.2, -0.15) is 13.2 Å². The summed E-state index contributed by atoms with van der Waals surface area (Å²) in [5, 5.41) is 11.4. The molecule has 0 aliphatic heterocycles. The number of nitrogens with zero attached hydrogens (tertiary/aromatic N) is 2. The van der Waals surface area contributed by atoms with Gasteiger partial charge >= 0.3 is 6.18 Å². The van der Waals surface area contributed by atoms with Gasteiger partial charge in [0, 0.05) is 24.6 Å². The van der Waals surface area contributed by atoms with Crippen LogP contribution < -0.4 is 5.32 Å². The number of carbonyl (C=O) groups is 1. The Morgan fingerprint density at radius 1 is 1.47 bits per heavy atom. The van der Waals surface area contributed by atoms with Crippen LogP contribution in [0.3, 0.4) is 0 Å². The molecule has 1 heterocycles. The quantitative estimate of drug-likeness (QED) is 0.838. The Morgan fingerprint density at radius 2 is 2.05 bits per heavy atom. The van der Waals surface area contributed by atoms with Crippen LogP contribution in [0.25, 0.3) is 0 Å². The number of carbonyl (C=O) groups excluding carboxylic acids is 1. The van der Waals surface area contributed by atoms with Crippen LogP contribution >= 0.6 is 0 Å². The zero-order valence-electron chi connectivity index (χ0n) is 10.2. The van der Waals surface area contributed by atoms with E-state index in [0.29, 0.717) is 5.69 Å². The highest BCUT2D eigenvalue weighted by atomic mass is 19.4.